The summed E-state index contributed by atoms with van der Waals surface area (Å²) < 4.78 is 0. The molecule has 0 bridgehead atoms. The van der Waals surface area contributed by atoms with Gasteiger partial charge >= 0.3 is 5.97 Å². The number of carbonyl (C=O) groups excluding carboxylic acids is 5. The van der Waals surface area contributed by atoms with Gasteiger partial charge in [0.25, 0.3) is 0 Å². The van der Waals surface area contributed by atoms with Crippen LogP contribution in [0.15, 0.2) is 12.5 Å². The number of imidazole rings is 1. The van der Waals surface area contributed by atoms with E-state index in [1.807, 2.05) is 0 Å². The van der Waals surface area contributed by atoms with Gasteiger partial charge in [0, 0.05) is 24.7 Å². The Balaban J connectivity index is 2.92. The predicted molar refractivity (Wildman–Crippen MR) is 107 cm³/mol. The molecule has 0 saturated carbocycles. The molecule has 11 N–H and O–H groups in total. The van der Waals surface area contributed by atoms with Crippen LogP contribution in [0.3, 0.4) is 0 Å². The summed E-state index contributed by atoms with van der Waals surface area (Å²) in [6.45, 7) is -0.690. The number of primary amides is 2. The van der Waals surface area contributed by atoms with Gasteiger partial charge < -0.3 is 43.2 Å². The van der Waals surface area contributed by atoms with Crippen molar-refractivity contribution >= 4 is 35.5 Å². The zero-order valence-corrected chi connectivity index (χ0v) is 17.0. The number of aromatic amines is 1. The lowest BCUT2D eigenvalue weighted by Crippen LogP contribution is -2.57. The second-order valence-electron chi connectivity index (χ2n) is 6.80. The minimum absolute atomic E-state index is 0.0907. The Morgan fingerprint density at radius 1 is 1.00 bits per heavy atom. The van der Waals surface area contributed by atoms with Crippen LogP contribution in [0.4, 0.5) is 0 Å². The minimum atomic E-state index is -1.48. The Hall–Kier alpha value is -4.01. The lowest BCUT2D eigenvalue weighted by Gasteiger charge is -2.23. The maximum atomic E-state index is 12.7. The number of rotatable bonds is 14. The van der Waals surface area contributed by atoms with E-state index >= 15 is 0 Å². The molecular formula is C17H26N8O7. The molecule has 1 rings (SSSR count). The second kappa shape index (κ2) is 12.6. The van der Waals surface area contributed by atoms with Crippen LogP contribution < -0.4 is 33.2 Å². The lowest BCUT2D eigenvalue weighted by atomic mass is 10.1. The zero-order valence-electron chi connectivity index (χ0n) is 17.0. The van der Waals surface area contributed by atoms with Gasteiger partial charge in [0.2, 0.25) is 29.5 Å². The fourth-order valence-corrected chi connectivity index (χ4v) is 2.50. The summed E-state index contributed by atoms with van der Waals surface area (Å²) in [6, 6.07) is -3.93. The van der Waals surface area contributed by atoms with Crippen LogP contribution >= 0.6 is 0 Å². The number of nitrogens with one attached hydrogen (secondary N) is 4. The number of hydrogen-bond acceptors (Lipinski definition) is 8. The number of aromatic nitrogens is 2. The van der Waals surface area contributed by atoms with E-state index in [9.17, 15) is 28.8 Å². The Bertz CT molecular complexity index is 842. The molecule has 0 radical (unpaired) electrons. The second-order valence-corrected chi connectivity index (χ2v) is 6.80. The van der Waals surface area contributed by atoms with Crippen LogP contribution in [-0.2, 0) is 35.2 Å². The molecule has 0 aromatic carbocycles. The maximum Gasteiger partial charge on any atom is 0.322 e. The molecule has 0 spiro atoms. The highest BCUT2D eigenvalue weighted by Gasteiger charge is 2.29. The number of nitrogens with zero attached hydrogens (tertiary/aromatic N) is 1. The molecule has 32 heavy (non-hydrogen) atoms. The summed E-state index contributed by atoms with van der Waals surface area (Å²) in [5.74, 6) is -5.49. The van der Waals surface area contributed by atoms with Crippen molar-refractivity contribution in [1.82, 2.24) is 25.9 Å². The van der Waals surface area contributed by atoms with Gasteiger partial charge in [0.05, 0.1) is 18.8 Å². The Morgan fingerprint density at radius 3 is 2.19 bits per heavy atom. The van der Waals surface area contributed by atoms with E-state index in [-0.39, 0.29) is 19.3 Å². The molecule has 0 aliphatic rings. The third-order valence-electron chi connectivity index (χ3n) is 4.10. The van der Waals surface area contributed by atoms with Crippen molar-refractivity contribution in [3.63, 3.8) is 0 Å². The van der Waals surface area contributed by atoms with Crippen molar-refractivity contribution in [2.24, 2.45) is 17.2 Å². The molecule has 1 aromatic heterocycles. The average molecular weight is 454 g/mol. The first kappa shape index (κ1) is 26.0. The highest BCUT2D eigenvalue weighted by molar-refractivity contribution is 5.96. The van der Waals surface area contributed by atoms with Gasteiger partial charge in [-0.15, -0.1) is 0 Å². The van der Waals surface area contributed by atoms with Crippen LogP contribution in [0.2, 0.25) is 0 Å². The van der Waals surface area contributed by atoms with Crippen molar-refractivity contribution in [2.45, 2.75) is 43.8 Å². The highest BCUT2D eigenvalue weighted by atomic mass is 16.4. The van der Waals surface area contributed by atoms with Crippen LogP contribution in [0, 0.1) is 0 Å². The van der Waals surface area contributed by atoms with Gasteiger partial charge in [-0.25, -0.2) is 4.98 Å². The Kier molecular flexibility index (Phi) is 10.3. The molecule has 0 aliphatic heterocycles. The standard InChI is InChI=1S/C17H26N8O7/c18-9(1-2-12(19)26)15(30)24-11(4-13(20)27)17(32)25-10(3-8-5-21-7-23-8)16(31)22-6-14(28)29/h5,7,9-11H,1-4,6,18H2,(H2,19,26)(H2,20,27)(H,21,23)(H,22,31)(H,24,30)(H,25,32)(H,28,29). The summed E-state index contributed by atoms with van der Waals surface area (Å²) in [4.78, 5) is 76.8. The van der Waals surface area contributed by atoms with E-state index in [4.69, 9.17) is 22.3 Å². The van der Waals surface area contributed by atoms with Crippen molar-refractivity contribution in [1.29, 1.82) is 0 Å². The van der Waals surface area contributed by atoms with Crippen molar-refractivity contribution in [2.75, 3.05) is 6.54 Å². The molecule has 3 atom stereocenters. The van der Waals surface area contributed by atoms with E-state index in [0.29, 0.717) is 5.69 Å². The van der Waals surface area contributed by atoms with Gasteiger partial charge in [-0.3, -0.25) is 28.8 Å². The van der Waals surface area contributed by atoms with Crippen molar-refractivity contribution < 1.29 is 33.9 Å². The molecule has 1 heterocycles. The first-order valence-electron chi connectivity index (χ1n) is 9.39. The number of carbonyl (C=O) groups is 6. The number of carboxylic acids is 1. The highest BCUT2D eigenvalue weighted by Crippen LogP contribution is 2.03. The smallest absolute Gasteiger partial charge is 0.322 e. The molecule has 1 aromatic rings. The van der Waals surface area contributed by atoms with Crippen LogP contribution in [0.1, 0.15) is 25.0 Å². The van der Waals surface area contributed by atoms with Gasteiger partial charge in [0.15, 0.2) is 0 Å². The van der Waals surface area contributed by atoms with Crippen LogP contribution in [0.5, 0.6) is 0 Å². The number of amides is 5. The van der Waals surface area contributed by atoms with Gasteiger partial charge in [-0.05, 0) is 6.42 Å². The predicted octanol–water partition coefficient (Wildman–Crippen LogP) is -4.41. The number of H-pyrrole nitrogens is 1. The monoisotopic (exact) mass is 454 g/mol. The minimum Gasteiger partial charge on any atom is -0.480 e. The largest absolute Gasteiger partial charge is 0.480 e. The van der Waals surface area contributed by atoms with Gasteiger partial charge in [-0.1, -0.05) is 0 Å². The summed E-state index contributed by atoms with van der Waals surface area (Å²) in [5, 5.41) is 15.5. The van der Waals surface area contributed by atoms with Crippen molar-refractivity contribution in [3.05, 3.63) is 18.2 Å². The summed E-state index contributed by atoms with van der Waals surface area (Å²) in [7, 11) is 0. The van der Waals surface area contributed by atoms with Crippen LogP contribution in [0.25, 0.3) is 0 Å². The van der Waals surface area contributed by atoms with Crippen molar-refractivity contribution in [3.8, 4) is 0 Å². The first-order chi connectivity index (χ1) is 15.0. The SMILES string of the molecule is NC(=O)CCC(N)C(=O)NC(CC(N)=O)C(=O)NC(Cc1cnc[nH]1)C(=O)NCC(=O)O. The molecule has 15 nitrogen and oxygen atoms in total. The maximum absolute atomic E-state index is 12.7. The molecule has 3 unspecified atom stereocenters. The molecule has 176 valence electrons. The fourth-order valence-electron chi connectivity index (χ4n) is 2.50. The first-order valence-corrected chi connectivity index (χ1v) is 9.39. The number of aliphatic carboxylic acids is 1. The topological polar surface area (TPSA) is 265 Å². The molecule has 5 amide bonds. The molecule has 0 saturated heterocycles. The third kappa shape index (κ3) is 9.66. The van der Waals surface area contributed by atoms with E-state index < -0.39 is 66.6 Å². The molecule has 15 heteroatoms. The van der Waals surface area contributed by atoms with E-state index in [1.54, 1.807) is 0 Å². The van der Waals surface area contributed by atoms with Gasteiger partial charge in [0.1, 0.15) is 18.6 Å². The van der Waals surface area contributed by atoms with Crippen LogP contribution in [-0.4, -0.2) is 75.2 Å². The quantitative estimate of drug-likeness (QED) is 0.135. The number of nitrogens with two attached hydrogens (primary N) is 3. The summed E-state index contributed by atoms with van der Waals surface area (Å²) in [6.07, 6.45) is 1.78. The molecule has 0 fully saturated rings. The van der Waals surface area contributed by atoms with E-state index in [0.717, 1.165) is 0 Å². The molecular weight excluding hydrogens is 428 g/mol. The average Bonchev–Trinajstić information content (AvgIpc) is 3.21. The number of hydrogen-bond donors (Lipinski definition) is 8. The molecule has 0 aliphatic carbocycles. The summed E-state index contributed by atoms with van der Waals surface area (Å²) >= 11 is 0. The van der Waals surface area contributed by atoms with E-state index in [2.05, 4.69) is 25.9 Å². The number of carboxylic acid groups (broad SMARTS) is 1. The van der Waals surface area contributed by atoms with E-state index in [1.165, 1.54) is 12.5 Å². The summed E-state index contributed by atoms with van der Waals surface area (Å²) in [5.41, 5.74) is 16.3. The zero-order chi connectivity index (χ0) is 24.3. The third-order valence-corrected chi connectivity index (χ3v) is 4.10. The Morgan fingerprint density at radius 2 is 1.66 bits per heavy atom. The Labute approximate surface area is 181 Å². The van der Waals surface area contributed by atoms with Gasteiger partial charge in [-0.2, -0.15) is 0 Å². The lowest BCUT2D eigenvalue weighted by molar-refractivity contribution is -0.138. The normalized spacial score (nSPS) is 13.3. The fraction of sp³-hybridized carbons (Fsp3) is 0.471.